The summed E-state index contributed by atoms with van der Waals surface area (Å²) in [5.74, 6) is 0.446. The van der Waals surface area contributed by atoms with Crippen molar-refractivity contribution in [2.24, 2.45) is 0 Å². The standard InChI is InChI=1S/C20H23N3O4S/c24-20-16-7-1-4-10-19(16)28(25,26)23(20)12-6-5-11-21-13-15-14-27-18-9-3-2-8-17(18)22-15/h1-4,7-10,15,21-22H,5-6,11-14H2. The van der Waals surface area contributed by atoms with Gasteiger partial charge in [0, 0.05) is 13.1 Å². The van der Waals surface area contributed by atoms with Gasteiger partial charge in [-0.25, -0.2) is 12.7 Å². The van der Waals surface area contributed by atoms with Crippen LogP contribution in [0.3, 0.4) is 0 Å². The quantitative estimate of drug-likeness (QED) is 0.691. The van der Waals surface area contributed by atoms with Gasteiger partial charge >= 0.3 is 0 Å². The number of carbonyl (C=O) groups excluding carboxylic acids is 1. The van der Waals surface area contributed by atoms with Crippen LogP contribution >= 0.6 is 0 Å². The molecule has 0 spiro atoms. The van der Waals surface area contributed by atoms with Crippen LogP contribution in [0, 0.1) is 0 Å². The van der Waals surface area contributed by atoms with E-state index in [1.165, 1.54) is 6.07 Å². The van der Waals surface area contributed by atoms with Crippen LogP contribution in [0.4, 0.5) is 5.69 Å². The van der Waals surface area contributed by atoms with Gasteiger partial charge in [0.25, 0.3) is 15.9 Å². The van der Waals surface area contributed by atoms with E-state index in [9.17, 15) is 13.2 Å². The maximum absolute atomic E-state index is 12.5. The van der Waals surface area contributed by atoms with Gasteiger partial charge in [0.15, 0.2) is 0 Å². The third kappa shape index (κ3) is 3.57. The summed E-state index contributed by atoms with van der Waals surface area (Å²) in [6.45, 7) is 2.30. The largest absolute Gasteiger partial charge is 0.489 e. The predicted molar refractivity (Wildman–Crippen MR) is 106 cm³/mol. The number of para-hydroxylation sites is 2. The minimum atomic E-state index is -3.70. The number of nitrogens with zero attached hydrogens (tertiary/aromatic N) is 1. The van der Waals surface area contributed by atoms with Crippen molar-refractivity contribution in [1.82, 2.24) is 9.62 Å². The van der Waals surface area contributed by atoms with Gasteiger partial charge < -0.3 is 15.4 Å². The number of sulfonamides is 1. The Balaban J connectivity index is 1.20. The summed E-state index contributed by atoms with van der Waals surface area (Å²) in [6, 6.07) is 14.4. The second kappa shape index (κ2) is 7.81. The number of rotatable bonds is 7. The van der Waals surface area contributed by atoms with Crippen LogP contribution in [0.5, 0.6) is 5.75 Å². The van der Waals surface area contributed by atoms with E-state index in [4.69, 9.17) is 4.74 Å². The van der Waals surface area contributed by atoms with E-state index in [1.807, 2.05) is 24.3 Å². The maximum Gasteiger partial charge on any atom is 0.269 e. The highest BCUT2D eigenvalue weighted by Crippen LogP contribution is 2.30. The molecule has 2 aliphatic rings. The van der Waals surface area contributed by atoms with E-state index in [1.54, 1.807) is 18.2 Å². The number of hydrogen-bond acceptors (Lipinski definition) is 6. The molecule has 7 nitrogen and oxygen atoms in total. The number of anilines is 1. The Labute approximate surface area is 164 Å². The zero-order valence-corrected chi connectivity index (χ0v) is 16.2. The summed E-state index contributed by atoms with van der Waals surface area (Å²) in [5, 5.41) is 6.80. The van der Waals surface area contributed by atoms with Gasteiger partial charge in [-0.3, -0.25) is 4.79 Å². The van der Waals surface area contributed by atoms with Crippen molar-refractivity contribution >= 4 is 21.6 Å². The van der Waals surface area contributed by atoms with Crippen LogP contribution < -0.4 is 15.4 Å². The van der Waals surface area contributed by atoms with Crippen molar-refractivity contribution in [1.29, 1.82) is 0 Å². The Bertz CT molecular complexity index is 977. The number of amides is 1. The fourth-order valence-corrected chi connectivity index (χ4v) is 5.11. The van der Waals surface area contributed by atoms with E-state index >= 15 is 0 Å². The lowest BCUT2D eigenvalue weighted by molar-refractivity contribution is 0.0869. The molecule has 28 heavy (non-hydrogen) atoms. The smallest absolute Gasteiger partial charge is 0.269 e. The molecule has 0 radical (unpaired) electrons. The molecule has 148 valence electrons. The number of benzene rings is 2. The number of fused-ring (bicyclic) bond motifs is 2. The Hall–Kier alpha value is -2.58. The highest BCUT2D eigenvalue weighted by atomic mass is 32.2. The highest BCUT2D eigenvalue weighted by Gasteiger charge is 2.40. The van der Waals surface area contributed by atoms with E-state index in [0.717, 1.165) is 35.3 Å². The van der Waals surface area contributed by atoms with Crippen LogP contribution in [0.1, 0.15) is 23.2 Å². The molecule has 1 unspecified atom stereocenters. The van der Waals surface area contributed by atoms with Crippen molar-refractivity contribution < 1.29 is 17.9 Å². The van der Waals surface area contributed by atoms with Gasteiger partial charge in [-0.1, -0.05) is 24.3 Å². The average molecular weight is 401 g/mol. The summed E-state index contributed by atoms with van der Waals surface area (Å²) >= 11 is 0. The summed E-state index contributed by atoms with van der Waals surface area (Å²) < 4.78 is 31.7. The normalized spacial score (nSPS) is 19.5. The zero-order valence-electron chi connectivity index (χ0n) is 15.4. The molecule has 2 aromatic rings. The summed E-state index contributed by atoms with van der Waals surface area (Å²) in [6.07, 6.45) is 1.39. The monoisotopic (exact) mass is 401 g/mol. The molecule has 1 amide bonds. The molecule has 2 aromatic carbocycles. The minimum Gasteiger partial charge on any atom is -0.489 e. The number of unbranched alkanes of at least 4 members (excludes halogenated alkanes) is 1. The molecular formula is C20H23N3O4S. The maximum atomic E-state index is 12.5. The molecule has 2 heterocycles. The fraction of sp³-hybridized carbons (Fsp3) is 0.350. The molecule has 2 aliphatic heterocycles. The first-order valence-electron chi connectivity index (χ1n) is 9.42. The van der Waals surface area contributed by atoms with Crippen molar-refractivity contribution in [2.75, 3.05) is 31.6 Å². The van der Waals surface area contributed by atoms with E-state index in [-0.39, 0.29) is 23.0 Å². The number of ether oxygens (including phenoxy) is 1. The molecule has 0 saturated heterocycles. The first-order valence-corrected chi connectivity index (χ1v) is 10.9. The number of nitrogens with one attached hydrogen (secondary N) is 2. The van der Waals surface area contributed by atoms with E-state index < -0.39 is 15.9 Å². The summed E-state index contributed by atoms with van der Waals surface area (Å²) in [4.78, 5) is 12.5. The predicted octanol–water partition coefficient (Wildman–Crippen LogP) is 2.07. The average Bonchev–Trinajstić information content (AvgIpc) is 2.91. The molecule has 4 rings (SSSR count). The van der Waals surface area contributed by atoms with E-state index in [0.29, 0.717) is 13.0 Å². The Morgan fingerprint density at radius 3 is 2.75 bits per heavy atom. The third-order valence-electron chi connectivity index (χ3n) is 4.95. The molecule has 1 atom stereocenters. The topological polar surface area (TPSA) is 87.7 Å². The first-order chi connectivity index (χ1) is 13.6. The minimum absolute atomic E-state index is 0.113. The van der Waals surface area contributed by atoms with Crippen molar-refractivity contribution in [3.8, 4) is 5.75 Å². The zero-order chi connectivity index (χ0) is 19.6. The van der Waals surface area contributed by atoms with Gasteiger partial charge in [-0.05, 0) is 43.7 Å². The van der Waals surface area contributed by atoms with Gasteiger partial charge in [-0.15, -0.1) is 0 Å². The molecule has 0 aliphatic carbocycles. The molecule has 0 aromatic heterocycles. The Morgan fingerprint density at radius 2 is 1.89 bits per heavy atom. The fourth-order valence-electron chi connectivity index (χ4n) is 3.51. The van der Waals surface area contributed by atoms with Crippen molar-refractivity contribution in [3.05, 3.63) is 54.1 Å². The molecule has 0 fully saturated rings. The van der Waals surface area contributed by atoms with E-state index in [2.05, 4.69) is 10.6 Å². The lowest BCUT2D eigenvalue weighted by Crippen LogP contribution is -2.40. The van der Waals surface area contributed by atoms with Crippen LogP contribution in [-0.4, -0.2) is 50.9 Å². The summed E-state index contributed by atoms with van der Waals surface area (Å²) in [7, 11) is -3.70. The lowest BCUT2D eigenvalue weighted by atomic mass is 10.2. The van der Waals surface area contributed by atoms with Crippen LogP contribution in [0.25, 0.3) is 0 Å². The van der Waals surface area contributed by atoms with Crippen molar-refractivity contribution in [2.45, 2.75) is 23.8 Å². The highest BCUT2D eigenvalue weighted by molar-refractivity contribution is 7.90. The molecule has 8 heteroatoms. The summed E-state index contributed by atoms with van der Waals surface area (Å²) in [5.41, 5.74) is 1.27. The van der Waals surface area contributed by atoms with Crippen molar-refractivity contribution in [3.63, 3.8) is 0 Å². The molecule has 2 N–H and O–H groups in total. The van der Waals surface area contributed by atoms with Crippen LogP contribution in [-0.2, 0) is 10.0 Å². The van der Waals surface area contributed by atoms with Gasteiger partial charge in [-0.2, -0.15) is 0 Å². The third-order valence-corrected chi connectivity index (χ3v) is 6.79. The Kier molecular flexibility index (Phi) is 5.23. The van der Waals surface area contributed by atoms with Gasteiger partial charge in [0.1, 0.15) is 17.3 Å². The molecular weight excluding hydrogens is 378 g/mol. The second-order valence-corrected chi connectivity index (χ2v) is 8.77. The number of carbonyl (C=O) groups is 1. The Morgan fingerprint density at radius 1 is 1.11 bits per heavy atom. The lowest BCUT2D eigenvalue weighted by Gasteiger charge is -2.27. The molecule has 0 saturated carbocycles. The van der Waals surface area contributed by atoms with Gasteiger partial charge in [0.2, 0.25) is 0 Å². The second-order valence-electron chi connectivity index (χ2n) is 6.94. The first kappa shape index (κ1) is 18.8. The van der Waals surface area contributed by atoms with Crippen LogP contribution in [0.2, 0.25) is 0 Å². The molecule has 0 bridgehead atoms. The SMILES string of the molecule is O=C1c2ccccc2S(=O)(=O)N1CCCCNCC1COc2ccccc2N1. The van der Waals surface area contributed by atoms with Gasteiger partial charge in [0.05, 0.1) is 17.3 Å². The number of hydrogen-bond donors (Lipinski definition) is 2. The van der Waals surface area contributed by atoms with Crippen LogP contribution in [0.15, 0.2) is 53.4 Å².